The lowest BCUT2D eigenvalue weighted by atomic mass is 10.2. The highest BCUT2D eigenvalue weighted by Gasteiger charge is 2.07. The van der Waals surface area contributed by atoms with Gasteiger partial charge in [-0.1, -0.05) is 30.3 Å². The molecule has 1 N–H and O–H groups in total. The second-order valence-electron chi connectivity index (χ2n) is 5.66. The lowest BCUT2D eigenvalue weighted by Gasteiger charge is -2.03. The third-order valence-electron chi connectivity index (χ3n) is 3.11. The number of hydrogen-bond donors (Lipinski definition) is 1. The standard InChI is InChI=1S/C14H11N3S.C4H11NO.C2H4O/c1-10-15-8-7-12(16-10)13-9-18-14(17-13)11-5-3-2-4-6-11;1-5(2)3-4-6;1-2-3/h2-9H,1H3;6H,3-4H2,1-2H3;2H,1H3. The molecule has 3 aromatic rings. The van der Waals surface area contributed by atoms with Gasteiger partial charge in [0.1, 0.15) is 22.8 Å². The molecule has 144 valence electrons. The van der Waals surface area contributed by atoms with E-state index in [4.69, 9.17) is 9.90 Å². The Labute approximate surface area is 164 Å². The zero-order valence-corrected chi connectivity index (χ0v) is 17.0. The van der Waals surface area contributed by atoms with Crippen molar-refractivity contribution in [3.05, 3.63) is 53.8 Å². The summed E-state index contributed by atoms with van der Waals surface area (Å²) in [5.74, 6) is 0.766. The molecule has 0 saturated heterocycles. The molecular formula is C20H26N4O2S. The molecule has 0 spiro atoms. The summed E-state index contributed by atoms with van der Waals surface area (Å²) in [7, 11) is 3.85. The molecule has 1 aromatic carbocycles. The van der Waals surface area contributed by atoms with Crippen molar-refractivity contribution in [2.45, 2.75) is 13.8 Å². The van der Waals surface area contributed by atoms with Crippen LogP contribution in [-0.2, 0) is 4.79 Å². The predicted molar refractivity (Wildman–Crippen MR) is 111 cm³/mol. The lowest BCUT2D eigenvalue weighted by Crippen LogP contribution is -2.15. The monoisotopic (exact) mass is 386 g/mol. The van der Waals surface area contributed by atoms with E-state index in [1.165, 1.54) is 6.92 Å². The van der Waals surface area contributed by atoms with Crippen LogP contribution >= 0.6 is 11.3 Å². The molecule has 0 aliphatic heterocycles. The van der Waals surface area contributed by atoms with Gasteiger partial charge in [0, 0.05) is 23.7 Å². The molecule has 7 heteroatoms. The van der Waals surface area contributed by atoms with Gasteiger partial charge in [-0.15, -0.1) is 11.3 Å². The Kier molecular flexibility index (Phi) is 10.7. The molecule has 0 atom stereocenters. The van der Waals surface area contributed by atoms with Crippen molar-refractivity contribution in [3.8, 4) is 22.0 Å². The molecule has 0 radical (unpaired) electrons. The summed E-state index contributed by atoms with van der Waals surface area (Å²) in [5, 5.41) is 11.2. The van der Waals surface area contributed by atoms with Crippen molar-refractivity contribution in [2.75, 3.05) is 27.2 Å². The number of thiazole rings is 1. The zero-order valence-electron chi connectivity index (χ0n) is 16.2. The van der Waals surface area contributed by atoms with Crippen molar-refractivity contribution >= 4 is 17.6 Å². The third-order valence-corrected chi connectivity index (χ3v) is 4.00. The van der Waals surface area contributed by atoms with Crippen molar-refractivity contribution in [3.63, 3.8) is 0 Å². The van der Waals surface area contributed by atoms with Gasteiger partial charge in [-0.3, -0.25) is 0 Å². The van der Waals surface area contributed by atoms with E-state index in [9.17, 15) is 0 Å². The Hall–Kier alpha value is -2.48. The van der Waals surface area contributed by atoms with Gasteiger partial charge in [0.15, 0.2) is 0 Å². The summed E-state index contributed by atoms with van der Waals surface area (Å²) in [6, 6.07) is 12.1. The van der Waals surface area contributed by atoms with Gasteiger partial charge in [0.2, 0.25) is 0 Å². The largest absolute Gasteiger partial charge is 0.395 e. The number of hydrogen-bond acceptors (Lipinski definition) is 7. The molecule has 2 heterocycles. The van der Waals surface area contributed by atoms with Crippen LogP contribution in [0.4, 0.5) is 0 Å². The molecule has 27 heavy (non-hydrogen) atoms. The minimum Gasteiger partial charge on any atom is -0.395 e. The number of benzene rings is 1. The molecule has 0 amide bonds. The number of likely N-dealkylation sites (N-methyl/N-ethyl adjacent to an activating group) is 1. The van der Waals surface area contributed by atoms with Crippen LogP contribution in [0.2, 0.25) is 0 Å². The Morgan fingerprint density at radius 2 is 1.78 bits per heavy atom. The molecule has 6 nitrogen and oxygen atoms in total. The van der Waals surface area contributed by atoms with Crippen LogP contribution in [0.5, 0.6) is 0 Å². The number of aliphatic hydroxyl groups is 1. The highest BCUT2D eigenvalue weighted by molar-refractivity contribution is 7.13. The van der Waals surface area contributed by atoms with Crippen LogP contribution in [-0.4, -0.2) is 58.5 Å². The molecule has 0 aliphatic rings. The summed E-state index contributed by atoms with van der Waals surface area (Å²) in [4.78, 5) is 23.8. The molecule has 0 saturated carbocycles. The number of carbonyl (C=O) groups is 1. The number of rotatable bonds is 4. The first-order valence-corrected chi connectivity index (χ1v) is 9.36. The Bertz CT molecular complexity index is 791. The molecule has 2 aromatic heterocycles. The summed E-state index contributed by atoms with van der Waals surface area (Å²) in [5.41, 5.74) is 2.92. The van der Waals surface area contributed by atoms with E-state index >= 15 is 0 Å². The van der Waals surface area contributed by atoms with Crippen LogP contribution in [0, 0.1) is 6.92 Å². The first kappa shape index (κ1) is 22.6. The highest BCUT2D eigenvalue weighted by Crippen LogP contribution is 2.27. The number of aliphatic hydroxyl groups excluding tert-OH is 1. The fraction of sp³-hybridized carbons (Fsp3) is 0.300. The van der Waals surface area contributed by atoms with E-state index in [1.807, 2.05) is 55.6 Å². The van der Waals surface area contributed by atoms with Crippen molar-refractivity contribution in [1.29, 1.82) is 0 Å². The summed E-state index contributed by atoms with van der Waals surface area (Å²) in [6.45, 7) is 4.35. The topological polar surface area (TPSA) is 79.2 Å². The summed E-state index contributed by atoms with van der Waals surface area (Å²) in [6.07, 6.45) is 2.51. The van der Waals surface area contributed by atoms with E-state index in [2.05, 4.69) is 27.1 Å². The minimum atomic E-state index is 0.257. The van der Waals surface area contributed by atoms with Gasteiger partial charge in [0.25, 0.3) is 0 Å². The Balaban J connectivity index is 0.000000343. The molecule has 0 bridgehead atoms. The smallest absolute Gasteiger partial charge is 0.125 e. The second kappa shape index (κ2) is 12.8. The maximum absolute atomic E-state index is 8.81. The first-order valence-electron chi connectivity index (χ1n) is 8.48. The van der Waals surface area contributed by atoms with Gasteiger partial charge < -0.3 is 14.8 Å². The molecule has 0 fully saturated rings. The van der Waals surface area contributed by atoms with E-state index in [0.717, 1.165) is 40.6 Å². The fourth-order valence-electron chi connectivity index (χ4n) is 1.90. The van der Waals surface area contributed by atoms with Gasteiger partial charge in [0.05, 0.1) is 12.3 Å². The van der Waals surface area contributed by atoms with Crippen molar-refractivity contribution < 1.29 is 9.90 Å². The Morgan fingerprint density at radius 1 is 1.11 bits per heavy atom. The highest BCUT2D eigenvalue weighted by atomic mass is 32.1. The van der Waals surface area contributed by atoms with Gasteiger partial charge in [-0.05, 0) is 34.0 Å². The molecule has 0 unspecified atom stereocenters. The Morgan fingerprint density at radius 3 is 2.30 bits per heavy atom. The summed E-state index contributed by atoms with van der Waals surface area (Å²) < 4.78 is 0. The van der Waals surface area contributed by atoms with E-state index < -0.39 is 0 Å². The predicted octanol–water partition coefficient (Wildman–Crippen LogP) is 3.32. The van der Waals surface area contributed by atoms with Gasteiger partial charge >= 0.3 is 0 Å². The minimum absolute atomic E-state index is 0.257. The average molecular weight is 387 g/mol. The number of aromatic nitrogens is 3. The van der Waals surface area contributed by atoms with E-state index in [-0.39, 0.29) is 6.61 Å². The zero-order chi connectivity index (χ0) is 20.1. The maximum atomic E-state index is 8.81. The van der Waals surface area contributed by atoms with Gasteiger partial charge in [-0.25, -0.2) is 15.0 Å². The lowest BCUT2D eigenvalue weighted by molar-refractivity contribution is -0.106. The summed E-state index contributed by atoms with van der Waals surface area (Å²) >= 11 is 1.63. The number of carbonyl (C=O) groups excluding carboxylic acids is 1. The first-order chi connectivity index (χ1) is 13.0. The number of aldehydes is 1. The van der Waals surface area contributed by atoms with E-state index in [0.29, 0.717) is 0 Å². The van der Waals surface area contributed by atoms with Gasteiger partial charge in [-0.2, -0.15) is 0 Å². The van der Waals surface area contributed by atoms with Crippen LogP contribution in [0.25, 0.3) is 22.0 Å². The van der Waals surface area contributed by atoms with Crippen LogP contribution in [0.3, 0.4) is 0 Å². The molecule has 3 rings (SSSR count). The van der Waals surface area contributed by atoms with Crippen LogP contribution in [0.15, 0.2) is 48.0 Å². The quantitative estimate of drug-likeness (QED) is 0.693. The van der Waals surface area contributed by atoms with Crippen LogP contribution in [0.1, 0.15) is 12.7 Å². The maximum Gasteiger partial charge on any atom is 0.125 e. The number of aryl methyl sites for hydroxylation is 1. The molecular weight excluding hydrogens is 360 g/mol. The van der Waals surface area contributed by atoms with Crippen LogP contribution < -0.4 is 0 Å². The second-order valence-corrected chi connectivity index (χ2v) is 6.51. The SMILES string of the molecule is CC=O.CN(C)CCO.Cc1nccc(-c2csc(-c3ccccc3)n2)n1. The van der Waals surface area contributed by atoms with Crippen molar-refractivity contribution in [2.24, 2.45) is 0 Å². The third kappa shape index (κ3) is 8.63. The normalized spacial score (nSPS) is 9.70. The number of nitrogens with zero attached hydrogens (tertiary/aromatic N) is 4. The van der Waals surface area contributed by atoms with E-state index in [1.54, 1.807) is 17.5 Å². The average Bonchev–Trinajstić information content (AvgIpc) is 3.14. The van der Waals surface area contributed by atoms with Crippen molar-refractivity contribution in [1.82, 2.24) is 19.9 Å². The molecule has 0 aliphatic carbocycles. The fourth-order valence-corrected chi connectivity index (χ4v) is 2.72.